The molecule has 0 aromatic carbocycles. The molecule has 8 heteroatoms. The molecule has 0 heterocycles. The van der Waals surface area contributed by atoms with Gasteiger partial charge in [0, 0.05) is 13.5 Å². The van der Waals surface area contributed by atoms with E-state index >= 15 is 0 Å². The molecule has 0 aliphatic rings. The lowest BCUT2D eigenvalue weighted by Gasteiger charge is -2.25. The van der Waals surface area contributed by atoms with Crippen LogP contribution in [0.4, 0.5) is 8.78 Å². The number of carbonyl (C=O) groups is 1. The second kappa shape index (κ2) is 5.52. The van der Waals surface area contributed by atoms with Gasteiger partial charge >= 0.3 is 13.5 Å². The summed E-state index contributed by atoms with van der Waals surface area (Å²) in [5.41, 5.74) is -0.814. The molecule has 0 fully saturated rings. The normalized spacial score (nSPS) is 13.8. The third-order valence-corrected chi connectivity index (χ3v) is 3.05. The van der Waals surface area contributed by atoms with Crippen LogP contribution in [-0.2, 0) is 14.1 Å². The SMILES string of the molecule is COC(C)(C)CCC(F)(F)C(=O)CP(=O)(O)O. The maximum absolute atomic E-state index is 13.3. The highest BCUT2D eigenvalue weighted by atomic mass is 31.2. The van der Waals surface area contributed by atoms with Crippen molar-refractivity contribution in [2.75, 3.05) is 13.3 Å². The minimum atomic E-state index is -4.75. The van der Waals surface area contributed by atoms with Crippen LogP contribution in [0.3, 0.4) is 0 Å². The predicted octanol–water partition coefficient (Wildman–Crippen LogP) is 1.57. The van der Waals surface area contributed by atoms with E-state index in [4.69, 9.17) is 14.5 Å². The van der Waals surface area contributed by atoms with Crippen LogP contribution in [-0.4, -0.2) is 40.4 Å². The molecule has 0 atom stereocenters. The maximum Gasteiger partial charge on any atom is 0.333 e. The molecule has 0 rings (SSSR count). The maximum atomic E-state index is 13.3. The molecule has 0 radical (unpaired) electrons. The molecule has 102 valence electrons. The summed E-state index contributed by atoms with van der Waals surface area (Å²) in [4.78, 5) is 27.9. The first kappa shape index (κ1) is 16.6. The fraction of sp³-hybridized carbons (Fsp3) is 0.889. The summed E-state index contributed by atoms with van der Waals surface area (Å²) in [6.07, 6.45) is -2.33. The van der Waals surface area contributed by atoms with Crippen LogP contribution >= 0.6 is 7.60 Å². The lowest BCUT2D eigenvalue weighted by atomic mass is 9.98. The zero-order valence-electron chi connectivity index (χ0n) is 9.94. The van der Waals surface area contributed by atoms with Crippen molar-refractivity contribution < 1.29 is 32.7 Å². The first-order valence-electron chi connectivity index (χ1n) is 4.90. The molecule has 0 saturated heterocycles. The van der Waals surface area contributed by atoms with Gasteiger partial charge in [0.05, 0.1) is 5.60 Å². The van der Waals surface area contributed by atoms with Crippen molar-refractivity contribution in [3.63, 3.8) is 0 Å². The van der Waals surface area contributed by atoms with E-state index in [0.29, 0.717) is 0 Å². The summed E-state index contributed by atoms with van der Waals surface area (Å²) in [6.45, 7) is 3.16. The number of hydrogen-bond acceptors (Lipinski definition) is 3. The van der Waals surface area contributed by atoms with Gasteiger partial charge in [-0.15, -0.1) is 0 Å². The molecule has 0 saturated carbocycles. The van der Waals surface area contributed by atoms with Gasteiger partial charge in [-0.25, -0.2) is 0 Å². The minimum Gasteiger partial charge on any atom is -0.379 e. The van der Waals surface area contributed by atoms with Crippen LogP contribution in [0.25, 0.3) is 0 Å². The van der Waals surface area contributed by atoms with Gasteiger partial charge in [-0.1, -0.05) is 0 Å². The lowest BCUT2D eigenvalue weighted by Crippen LogP contribution is -2.34. The number of hydrogen-bond donors (Lipinski definition) is 2. The Hall–Kier alpha value is -0.360. The van der Waals surface area contributed by atoms with Gasteiger partial charge in [-0.3, -0.25) is 9.36 Å². The van der Waals surface area contributed by atoms with E-state index < -0.39 is 37.5 Å². The highest BCUT2D eigenvalue weighted by Gasteiger charge is 2.42. The Morgan fingerprint density at radius 1 is 1.29 bits per heavy atom. The van der Waals surface area contributed by atoms with E-state index in [0.717, 1.165) is 0 Å². The van der Waals surface area contributed by atoms with Gasteiger partial charge in [0.1, 0.15) is 6.16 Å². The quantitative estimate of drug-likeness (QED) is 0.688. The Balaban J connectivity index is 4.48. The monoisotopic (exact) mass is 274 g/mol. The van der Waals surface area contributed by atoms with Crippen LogP contribution in [0.5, 0.6) is 0 Å². The van der Waals surface area contributed by atoms with Crippen LogP contribution in [0.15, 0.2) is 0 Å². The number of halogens is 2. The third-order valence-electron chi connectivity index (χ3n) is 2.35. The molecular formula is C9H17F2O5P. The van der Waals surface area contributed by atoms with Gasteiger partial charge in [0.15, 0.2) is 0 Å². The van der Waals surface area contributed by atoms with Gasteiger partial charge in [0.2, 0.25) is 5.78 Å². The Morgan fingerprint density at radius 3 is 2.12 bits per heavy atom. The summed E-state index contributed by atoms with van der Waals surface area (Å²) in [7, 11) is -3.39. The van der Waals surface area contributed by atoms with Crippen molar-refractivity contribution in [2.24, 2.45) is 0 Å². The van der Waals surface area contributed by atoms with Crippen LogP contribution in [0, 0.1) is 0 Å². The summed E-state index contributed by atoms with van der Waals surface area (Å²) in [6, 6.07) is 0. The predicted molar refractivity (Wildman–Crippen MR) is 57.2 cm³/mol. The van der Waals surface area contributed by atoms with Crippen LogP contribution in [0.1, 0.15) is 26.7 Å². The number of carbonyl (C=O) groups excluding carboxylic acids is 1. The molecule has 0 spiro atoms. The Morgan fingerprint density at radius 2 is 1.76 bits per heavy atom. The van der Waals surface area contributed by atoms with Crippen molar-refractivity contribution in [1.82, 2.24) is 0 Å². The molecular weight excluding hydrogens is 257 g/mol. The van der Waals surface area contributed by atoms with E-state index in [2.05, 4.69) is 0 Å². The standard InChI is InChI=1S/C9H17F2O5P/c1-8(2,16-3)4-5-9(10,11)7(12)6-17(13,14)15/h4-6H2,1-3H3,(H2,13,14,15). The number of alkyl halides is 2. The highest BCUT2D eigenvalue weighted by molar-refractivity contribution is 7.52. The van der Waals surface area contributed by atoms with Gasteiger partial charge in [-0.2, -0.15) is 8.78 Å². The van der Waals surface area contributed by atoms with E-state index in [1.807, 2.05) is 0 Å². The van der Waals surface area contributed by atoms with Crippen molar-refractivity contribution in [1.29, 1.82) is 0 Å². The van der Waals surface area contributed by atoms with Crippen molar-refractivity contribution in [3.8, 4) is 0 Å². The Labute approximate surface area is 98.3 Å². The first-order valence-corrected chi connectivity index (χ1v) is 6.70. The van der Waals surface area contributed by atoms with Crippen molar-refractivity contribution in [2.45, 2.75) is 38.2 Å². The summed E-state index contributed by atoms with van der Waals surface area (Å²) in [5, 5.41) is 0. The number of ketones is 1. The van der Waals surface area contributed by atoms with Crippen molar-refractivity contribution >= 4 is 13.4 Å². The molecule has 0 aromatic heterocycles. The van der Waals surface area contributed by atoms with Gasteiger partial charge in [0.25, 0.3) is 0 Å². The average molecular weight is 274 g/mol. The molecule has 0 bridgehead atoms. The van der Waals surface area contributed by atoms with E-state index in [-0.39, 0.29) is 6.42 Å². The summed E-state index contributed by atoms with van der Waals surface area (Å²) >= 11 is 0. The lowest BCUT2D eigenvalue weighted by molar-refractivity contribution is -0.143. The molecule has 0 aliphatic heterocycles. The fourth-order valence-corrected chi connectivity index (χ4v) is 1.61. The zero-order chi connectivity index (χ0) is 13.9. The van der Waals surface area contributed by atoms with E-state index in [9.17, 15) is 18.1 Å². The number of methoxy groups -OCH3 is 1. The minimum absolute atomic E-state index is 0.0939. The molecule has 0 aliphatic carbocycles. The second-order valence-corrected chi connectivity index (χ2v) is 6.06. The topological polar surface area (TPSA) is 83.8 Å². The van der Waals surface area contributed by atoms with Gasteiger partial charge < -0.3 is 14.5 Å². The van der Waals surface area contributed by atoms with Crippen molar-refractivity contribution in [3.05, 3.63) is 0 Å². The number of ether oxygens (including phenoxy) is 1. The smallest absolute Gasteiger partial charge is 0.333 e. The summed E-state index contributed by atoms with van der Waals surface area (Å²) < 4.78 is 41.9. The summed E-state index contributed by atoms with van der Waals surface area (Å²) in [5.74, 6) is -5.48. The third kappa shape index (κ3) is 6.83. The molecule has 0 amide bonds. The first-order chi connectivity index (χ1) is 7.40. The van der Waals surface area contributed by atoms with Gasteiger partial charge in [-0.05, 0) is 20.3 Å². The highest BCUT2D eigenvalue weighted by Crippen LogP contribution is 2.38. The molecule has 0 aromatic rings. The molecule has 5 nitrogen and oxygen atoms in total. The fourth-order valence-electron chi connectivity index (χ4n) is 1.00. The Kier molecular flexibility index (Phi) is 5.40. The zero-order valence-corrected chi connectivity index (χ0v) is 10.8. The van der Waals surface area contributed by atoms with E-state index in [1.54, 1.807) is 13.8 Å². The van der Waals surface area contributed by atoms with E-state index in [1.165, 1.54) is 7.11 Å². The average Bonchev–Trinajstić information content (AvgIpc) is 2.12. The van der Waals surface area contributed by atoms with Crippen LogP contribution < -0.4 is 0 Å². The number of rotatable bonds is 7. The second-order valence-electron chi connectivity index (χ2n) is 4.41. The molecule has 2 N–H and O–H groups in total. The van der Waals surface area contributed by atoms with Crippen LogP contribution in [0.2, 0.25) is 0 Å². The number of Topliss-reactive ketones (excluding diaryl/α,β-unsaturated/α-hetero) is 1. The molecule has 0 unspecified atom stereocenters. The largest absolute Gasteiger partial charge is 0.379 e. The molecule has 17 heavy (non-hydrogen) atoms. The Bertz CT molecular complexity index is 323.